The number of primary amides is 1. The second-order valence-corrected chi connectivity index (χ2v) is 7.18. The number of carbonyl (C=O) groups excluding carboxylic acids is 1. The van der Waals surface area contributed by atoms with Crippen LogP contribution in [0.5, 0.6) is 17.2 Å². The van der Waals surface area contributed by atoms with E-state index in [1.165, 1.54) is 12.1 Å². The maximum atomic E-state index is 13.2. The molecule has 2 aliphatic heterocycles. The molecule has 0 aromatic heterocycles. The zero-order valence-electron chi connectivity index (χ0n) is 14.6. The summed E-state index contributed by atoms with van der Waals surface area (Å²) in [5.41, 5.74) is 6.83. The van der Waals surface area contributed by atoms with Gasteiger partial charge in [-0.25, -0.2) is 4.79 Å². The number of rotatable bonds is 2. The number of carbonyl (C=O) groups is 1. The molecule has 0 spiro atoms. The van der Waals surface area contributed by atoms with Gasteiger partial charge in [0.15, 0.2) is 11.5 Å². The number of halogens is 2. The van der Waals surface area contributed by atoms with Crippen molar-refractivity contribution in [1.29, 1.82) is 0 Å². The van der Waals surface area contributed by atoms with Crippen molar-refractivity contribution in [2.75, 3.05) is 6.61 Å². The van der Waals surface area contributed by atoms with Gasteiger partial charge in [0.25, 0.3) is 0 Å². The van der Waals surface area contributed by atoms with E-state index in [-0.39, 0.29) is 11.5 Å². The zero-order valence-corrected chi connectivity index (χ0v) is 14.6. The van der Waals surface area contributed by atoms with Gasteiger partial charge in [-0.2, -0.15) is 0 Å². The molecule has 2 aromatic rings. The number of hydrogen-bond donors (Lipinski definition) is 1. The van der Waals surface area contributed by atoms with Gasteiger partial charge in [0.1, 0.15) is 11.9 Å². The lowest BCUT2D eigenvalue weighted by Gasteiger charge is -2.38. The predicted molar refractivity (Wildman–Crippen MR) is 90.8 cm³/mol. The monoisotopic (exact) mass is 377 g/mol. The van der Waals surface area contributed by atoms with Gasteiger partial charge in [-0.1, -0.05) is 32.0 Å². The summed E-state index contributed by atoms with van der Waals surface area (Å²) in [6, 6.07) is 9.87. The van der Waals surface area contributed by atoms with Gasteiger partial charge in [-0.15, -0.1) is 8.78 Å². The highest BCUT2D eigenvalue weighted by atomic mass is 19.3. The summed E-state index contributed by atoms with van der Waals surface area (Å²) >= 11 is 0. The SMILES string of the molecule is CC1(C)COc2cc(-c3ccc4c(c3)OC(F)(F)O4)ccc2C1OC(N)=O. The van der Waals surface area contributed by atoms with Gasteiger partial charge in [-0.05, 0) is 29.3 Å². The van der Waals surface area contributed by atoms with Crippen molar-refractivity contribution in [1.82, 2.24) is 0 Å². The minimum Gasteiger partial charge on any atom is -0.492 e. The molecule has 0 saturated carbocycles. The van der Waals surface area contributed by atoms with Crippen LogP contribution in [-0.2, 0) is 4.74 Å². The largest absolute Gasteiger partial charge is 0.586 e. The predicted octanol–water partition coefficient (Wildman–Crippen LogP) is 4.23. The molecule has 8 heteroatoms. The van der Waals surface area contributed by atoms with Crippen LogP contribution in [-0.4, -0.2) is 19.0 Å². The van der Waals surface area contributed by atoms with Gasteiger partial charge >= 0.3 is 12.4 Å². The summed E-state index contributed by atoms with van der Waals surface area (Å²) in [5, 5.41) is 0. The van der Waals surface area contributed by atoms with Gasteiger partial charge < -0.3 is 24.7 Å². The normalized spacial score (nSPS) is 21.1. The van der Waals surface area contributed by atoms with Crippen LogP contribution in [0.2, 0.25) is 0 Å². The quantitative estimate of drug-likeness (QED) is 0.847. The number of benzene rings is 2. The Bertz CT molecular complexity index is 928. The fraction of sp³-hybridized carbons (Fsp3) is 0.316. The first-order valence-corrected chi connectivity index (χ1v) is 8.28. The van der Waals surface area contributed by atoms with Crippen molar-refractivity contribution < 1.29 is 32.5 Å². The third kappa shape index (κ3) is 3.11. The topological polar surface area (TPSA) is 80.0 Å². The Morgan fingerprint density at radius 1 is 1.07 bits per heavy atom. The maximum absolute atomic E-state index is 13.2. The van der Waals surface area contributed by atoms with Gasteiger partial charge in [0.05, 0.1) is 6.61 Å². The summed E-state index contributed by atoms with van der Waals surface area (Å²) in [7, 11) is 0. The van der Waals surface area contributed by atoms with Crippen LogP contribution in [0.1, 0.15) is 25.5 Å². The summed E-state index contributed by atoms with van der Waals surface area (Å²) < 4.78 is 46.4. The summed E-state index contributed by atoms with van der Waals surface area (Å²) in [6.45, 7) is 4.15. The van der Waals surface area contributed by atoms with E-state index in [1.54, 1.807) is 24.3 Å². The lowest BCUT2D eigenvalue weighted by atomic mass is 9.80. The van der Waals surface area contributed by atoms with E-state index >= 15 is 0 Å². The van der Waals surface area contributed by atoms with E-state index < -0.39 is 23.9 Å². The highest BCUT2D eigenvalue weighted by Crippen LogP contribution is 2.47. The van der Waals surface area contributed by atoms with Crippen LogP contribution in [0.4, 0.5) is 13.6 Å². The first-order chi connectivity index (χ1) is 12.6. The first-order valence-electron chi connectivity index (χ1n) is 8.28. The number of alkyl halides is 2. The van der Waals surface area contributed by atoms with E-state index in [0.717, 1.165) is 5.56 Å². The smallest absolute Gasteiger partial charge is 0.492 e. The third-order valence-electron chi connectivity index (χ3n) is 4.57. The molecule has 2 heterocycles. The molecule has 0 radical (unpaired) electrons. The maximum Gasteiger partial charge on any atom is 0.586 e. The van der Waals surface area contributed by atoms with Gasteiger partial charge in [0.2, 0.25) is 0 Å². The third-order valence-corrected chi connectivity index (χ3v) is 4.57. The van der Waals surface area contributed by atoms with E-state index in [1.807, 2.05) is 13.8 Å². The Balaban J connectivity index is 1.69. The first kappa shape index (κ1) is 17.4. The van der Waals surface area contributed by atoms with E-state index in [4.69, 9.17) is 15.2 Å². The molecular weight excluding hydrogens is 360 g/mol. The van der Waals surface area contributed by atoms with Crippen molar-refractivity contribution in [3.05, 3.63) is 42.0 Å². The highest BCUT2D eigenvalue weighted by Gasteiger charge is 2.43. The molecule has 2 aliphatic rings. The van der Waals surface area contributed by atoms with Crippen molar-refractivity contribution in [2.24, 2.45) is 11.1 Å². The lowest BCUT2D eigenvalue weighted by Crippen LogP contribution is -2.37. The molecule has 0 saturated heterocycles. The molecule has 2 aromatic carbocycles. The van der Waals surface area contributed by atoms with Crippen LogP contribution in [0.25, 0.3) is 11.1 Å². The molecule has 0 bridgehead atoms. The Kier molecular flexibility index (Phi) is 3.69. The standard InChI is InChI=1S/C19H17F2NO5/c1-18(2)9-24-14-7-10(3-5-12(14)16(18)25-17(22)23)11-4-6-13-15(8-11)27-19(20,21)26-13/h3-8,16H,9H2,1-2H3,(H2,22,23). The van der Waals surface area contributed by atoms with Gasteiger partial charge in [0, 0.05) is 11.0 Å². The molecular formula is C19H17F2NO5. The van der Waals surface area contributed by atoms with E-state index in [2.05, 4.69) is 9.47 Å². The van der Waals surface area contributed by atoms with Crippen molar-refractivity contribution in [3.8, 4) is 28.4 Å². The Morgan fingerprint density at radius 2 is 1.70 bits per heavy atom. The molecule has 142 valence electrons. The molecule has 0 aliphatic carbocycles. The zero-order chi connectivity index (χ0) is 19.4. The van der Waals surface area contributed by atoms with Crippen molar-refractivity contribution in [3.63, 3.8) is 0 Å². The van der Waals surface area contributed by atoms with E-state index in [0.29, 0.717) is 23.5 Å². The van der Waals surface area contributed by atoms with Crippen LogP contribution in [0.15, 0.2) is 36.4 Å². The fourth-order valence-corrected chi connectivity index (χ4v) is 3.28. The number of amides is 1. The van der Waals surface area contributed by atoms with E-state index in [9.17, 15) is 13.6 Å². The van der Waals surface area contributed by atoms with Crippen molar-refractivity contribution >= 4 is 6.09 Å². The second kappa shape index (κ2) is 5.73. The number of fused-ring (bicyclic) bond motifs is 2. The minimum absolute atomic E-state index is 0.0189. The summed E-state index contributed by atoms with van der Waals surface area (Å²) in [6.07, 6.45) is -5.07. The molecule has 1 amide bonds. The Hall–Kier alpha value is -3.03. The number of hydrogen-bond acceptors (Lipinski definition) is 5. The Labute approximate surface area is 153 Å². The van der Waals surface area contributed by atoms with Crippen LogP contribution >= 0.6 is 0 Å². The van der Waals surface area contributed by atoms with Crippen LogP contribution in [0, 0.1) is 5.41 Å². The lowest BCUT2D eigenvalue weighted by molar-refractivity contribution is -0.286. The molecule has 27 heavy (non-hydrogen) atoms. The summed E-state index contributed by atoms with van der Waals surface area (Å²) in [5.74, 6) is 0.489. The Morgan fingerprint density at radius 3 is 2.41 bits per heavy atom. The average molecular weight is 377 g/mol. The second-order valence-electron chi connectivity index (χ2n) is 7.18. The number of ether oxygens (including phenoxy) is 4. The van der Waals surface area contributed by atoms with Crippen molar-refractivity contribution in [2.45, 2.75) is 26.2 Å². The average Bonchev–Trinajstić information content (AvgIpc) is 2.89. The molecule has 4 rings (SSSR count). The fourth-order valence-electron chi connectivity index (χ4n) is 3.28. The molecule has 6 nitrogen and oxygen atoms in total. The summed E-state index contributed by atoms with van der Waals surface area (Å²) in [4.78, 5) is 11.3. The van der Waals surface area contributed by atoms with Crippen LogP contribution in [0.3, 0.4) is 0 Å². The molecule has 2 N–H and O–H groups in total. The molecule has 0 fully saturated rings. The van der Waals surface area contributed by atoms with Gasteiger partial charge in [-0.3, -0.25) is 0 Å². The van der Waals surface area contributed by atoms with Crippen LogP contribution < -0.4 is 19.9 Å². The number of nitrogens with two attached hydrogens (primary N) is 1. The minimum atomic E-state index is -3.66. The highest BCUT2D eigenvalue weighted by molar-refractivity contribution is 5.70. The molecule has 1 unspecified atom stereocenters. The molecule has 1 atom stereocenters.